The minimum absolute atomic E-state index is 0.376. The molecule has 0 saturated heterocycles. The molecule has 0 saturated carbocycles. The van der Waals surface area contributed by atoms with Gasteiger partial charge in [-0.2, -0.15) is 0 Å². The van der Waals surface area contributed by atoms with E-state index in [0.29, 0.717) is 0 Å². The molecular weight excluding hydrogens is 170 g/mol. The minimum atomic E-state index is -3.39. The smallest absolute Gasteiger partial charge is 0.307 e. The zero-order valence-electron chi connectivity index (χ0n) is 6.36. The highest BCUT2D eigenvalue weighted by Gasteiger charge is 2.18. The van der Waals surface area contributed by atoms with Crippen LogP contribution in [0.2, 0.25) is 0 Å². The molecule has 0 aliphatic carbocycles. The van der Waals surface area contributed by atoms with E-state index in [2.05, 4.69) is 0 Å². The summed E-state index contributed by atoms with van der Waals surface area (Å²) in [5.74, 6) is -2.35. The molecule has 0 aliphatic rings. The Labute approximate surface area is 65.5 Å². The Balaban J connectivity index is 4.16. The highest BCUT2D eigenvalue weighted by atomic mass is 32.2. The third kappa shape index (κ3) is 3.94. The average Bonchev–Trinajstić information content (AvgIpc) is 1.87. The number of hydrogen-bond donors (Lipinski definition) is 2. The van der Waals surface area contributed by atoms with E-state index in [1.165, 1.54) is 14.0 Å². The Morgan fingerprint density at radius 1 is 1.64 bits per heavy atom. The molecule has 0 aromatic rings. The van der Waals surface area contributed by atoms with Crippen LogP contribution in [0.15, 0.2) is 0 Å². The second kappa shape index (κ2) is 3.68. The predicted octanol–water partition coefficient (Wildman–Crippen LogP) is -0.744. The van der Waals surface area contributed by atoms with E-state index in [9.17, 15) is 13.2 Å². The number of carbonyl (C=O) groups is 1. The summed E-state index contributed by atoms with van der Waals surface area (Å²) in [6.07, 6.45) is 0. The van der Waals surface area contributed by atoms with E-state index < -0.39 is 21.9 Å². The van der Waals surface area contributed by atoms with Gasteiger partial charge in [-0.3, -0.25) is 4.79 Å². The zero-order valence-corrected chi connectivity index (χ0v) is 7.18. The monoisotopic (exact) mass is 181 g/mol. The van der Waals surface area contributed by atoms with E-state index in [4.69, 9.17) is 5.11 Å². The summed E-state index contributed by atoms with van der Waals surface area (Å²) in [5, 5.41) is 8.35. The van der Waals surface area contributed by atoms with Crippen LogP contribution in [0.4, 0.5) is 0 Å². The molecule has 0 aromatic carbocycles. The Morgan fingerprint density at radius 3 is 2.36 bits per heavy atom. The zero-order chi connectivity index (χ0) is 9.07. The summed E-state index contributed by atoms with van der Waals surface area (Å²) in [4.78, 5) is 10.2. The van der Waals surface area contributed by atoms with Crippen LogP contribution in [0.5, 0.6) is 0 Å². The molecule has 6 heteroatoms. The van der Waals surface area contributed by atoms with Crippen molar-refractivity contribution in [3.63, 3.8) is 0 Å². The molecule has 2 N–H and O–H groups in total. The lowest BCUT2D eigenvalue weighted by molar-refractivity contribution is -0.140. The van der Waals surface area contributed by atoms with Crippen molar-refractivity contribution in [2.75, 3.05) is 12.8 Å². The molecule has 0 rings (SSSR count). The van der Waals surface area contributed by atoms with Crippen molar-refractivity contribution in [1.29, 1.82) is 0 Å². The van der Waals surface area contributed by atoms with E-state index in [1.807, 2.05) is 4.72 Å². The van der Waals surface area contributed by atoms with Gasteiger partial charge in [-0.15, -0.1) is 0 Å². The fourth-order valence-electron chi connectivity index (χ4n) is 0.484. The topological polar surface area (TPSA) is 83.5 Å². The van der Waals surface area contributed by atoms with Crippen molar-refractivity contribution in [3.8, 4) is 0 Å². The van der Waals surface area contributed by atoms with Crippen LogP contribution in [0.3, 0.4) is 0 Å². The molecule has 0 spiro atoms. The molecule has 0 aliphatic heterocycles. The molecular formula is C5H11NO4S. The van der Waals surface area contributed by atoms with Gasteiger partial charge in [0.15, 0.2) is 0 Å². The summed E-state index contributed by atoms with van der Waals surface area (Å²) >= 11 is 0. The van der Waals surface area contributed by atoms with Crippen molar-refractivity contribution in [2.45, 2.75) is 6.92 Å². The number of sulfonamides is 1. The molecule has 0 amide bonds. The second-order valence-corrected chi connectivity index (χ2v) is 4.20. The summed E-state index contributed by atoms with van der Waals surface area (Å²) < 4.78 is 23.5. The standard InChI is InChI=1S/C5H11NO4S/c1-4(5(7)8)3-11(9,10)6-2/h4,6H,3H2,1-2H3,(H,7,8). The lowest BCUT2D eigenvalue weighted by Crippen LogP contribution is -2.28. The molecule has 1 atom stereocenters. The summed E-state index contributed by atoms with van der Waals surface area (Å²) in [5.41, 5.74) is 0. The lowest BCUT2D eigenvalue weighted by Gasteiger charge is -2.05. The van der Waals surface area contributed by atoms with Crippen LogP contribution in [-0.4, -0.2) is 32.3 Å². The highest BCUT2D eigenvalue weighted by molar-refractivity contribution is 7.89. The Kier molecular flexibility index (Phi) is 3.47. The van der Waals surface area contributed by atoms with Crippen molar-refractivity contribution < 1.29 is 18.3 Å². The summed E-state index contributed by atoms with van der Waals surface area (Å²) in [6.45, 7) is 1.34. The van der Waals surface area contributed by atoms with Crippen LogP contribution in [-0.2, 0) is 14.8 Å². The van der Waals surface area contributed by atoms with Gasteiger partial charge in [0.25, 0.3) is 0 Å². The second-order valence-electron chi connectivity index (χ2n) is 2.22. The van der Waals surface area contributed by atoms with Gasteiger partial charge in [-0.1, -0.05) is 6.92 Å². The Morgan fingerprint density at radius 2 is 2.09 bits per heavy atom. The summed E-state index contributed by atoms with van der Waals surface area (Å²) in [6, 6.07) is 0. The number of hydrogen-bond acceptors (Lipinski definition) is 3. The first-order valence-electron chi connectivity index (χ1n) is 3.03. The molecule has 5 nitrogen and oxygen atoms in total. The molecule has 0 heterocycles. The van der Waals surface area contributed by atoms with Gasteiger partial charge < -0.3 is 5.11 Å². The minimum Gasteiger partial charge on any atom is -0.481 e. The number of nitrogens with one attached hydrogen (secondary N) is 1. The first-order valence-corrected chi connectivity index (χ1v) is 4.68. The maximum atomic E-state index is 10.7. The van der Waals surface area contributed by atoms with Gasteiger partial charge in [0.1, 0.15) is 0 Å². The van der Waals surface area contributed by atoms with E-state index in [1.54, 1.807) is 0 Å². The summed E-state index contributed by atoms with van der Waals surface area (Å²) in [7, 11) is -2.14. The number of carboxylic acid groups (broad SMARTS) is 1. The largest absolute Gasteiger partial charge is 0.481 e. The highest BCUT2D eigenvalue weighted by Crippen LogP contribution is 1.98. The SMILES string of the molecule is CNS(=O)(=O)CC(C)C(=O)O. The van der Waals surface area contributed by atoms with Crippen LogP contribution in [0, 0.1) is 5.92 Å². The van der Waals surface area contributed by atoms with Crippen LogP contribution in [0.25, 0.3) is 0 Å². The van der Waals surface area contributed by atoms with Crippen molar-refractivity contribution in [2.24, 2.45) is 5.92 Å². The van der Waals surface area contributed by atoms with Gasteiger partial charge in [0.05, 0.1) is 11.7 Å². The van der Waals surface area contributed by atoms with Crippen molar-refractivity contribution in [3.05, 3.63) is 0 Å². The normalized spacial score (nSPS) is 14.4. The van der Waals surface area contributed by atoms with Gasteiger partial charge in [-0.25, -0.2) is 13.1 Å². The van der Waals surface area contributed by atoms with Crippen molar-refractivity contribution >= 4 is 16.0 Å². The first-order chi connectivity index (χ1) is 4.89. The number of aliphatic carboxylic acids is 1. The number of carboxylic acids is 1. The van der Waals surface area contributed by atoms with Gasteiger partial charge in [0, 0.05) is 0 Å². The molecule has 1 unspecified atom stereocenters. The quantitative estimate of drug-likeness (QED) is 0.598. The molecule has 66 valence electrons. The molecule has 0 bridgehead atoms. The molecule has 11 heavy (non-hydrogen) atoms. The molecule has 0 aromatic heterocycles. The number of rotatable bonds is 4. The van der Waals surface area contributed by atoms with Gasteiger partial charge in [-0.05, 0) is 7.05 Å². The first kappa shape index (κ1) is 10.4. The Bertz CT molecular complexity index is 233. The third-order valence-corrected chi connectivity index (χ3v) is 2.76. The fourth-order valence-corrected chi connectivity index (χ4v) is 1.45. The predicted molar refractivity (Wildman–Crippen MR) is 39.6 cm³/mol. The van der Waals surface area contributed by atoms with Gasteiger partial charge in [0.2, 0.25) is 10.0 Å². The van der Waals surface area contributed by atoms with E-state index in [-0.39, 0.29) is 5.75 Å². The molecule has 0 fully saturated rings. The maximum Gasteiger partial charge on any atom is 0.307 e. The van der Waals surface area contributed by atoms with Gasteiger partial charge >= 0.3 is 5.97 Å². The van der Waals surface area contributed by atoms with Crippen LogP contribution >= 0.6 is 0 Å². The average molecular weight is 181 g/mol. The Hall–Kier alpha value is -0.620. The van der Waals surface area contributed by atoms with E-state index in [0.717, 1.165) is 0 Å². The maximum absolute atomic E-state index is 10.7. The third-order valence-electron chi connectivity index (χ3n) is 1.20. The van der Waals surface area contributed by atoms with Crippen molar-refractivity contribution in [1.82, 2.24) is 4.72 Å². The molecule has 0 radical (unpaired) electrons. The van der Waals surface area contributed by atoms with Crippen LogP contribution in [0.1, 0.15) is 6.92 Å². The van der Waals surface area contributed by atoms with E-state index >= 15 is 0 Å². The fraction of sp³-hybridized carbons (Fsp3) is 0.800. The van der Waals surface area contributed by atoms with Crippen LogP contribution < -0.4 is 4.72 Å². The lowest BCUT2D eigenvalue weighted by atomic mass is 10.2.